The van der Waals surface area contributed by atoms with Crippen LogP contribution in [0.25, 0.3) is 0 Å². The molecule has 1 amide bonds. The van der Waals surface area contributed by atoms with Crippen molar-refractivity contribution in [2.24, 2.45) is 5.73 Å². The minimum Gasteiger partial charge on any atom is -0.480 e. The molecule has 0 aliphatic carbocycles. The topological polar surface area (TPSA) is 372 Å². The van der Waals surface area contributed by atoms with E-state index in [2.05, 4.69) is 12.2 Å². The second-order valence-electron chi connectivity index (χ2n) is 13.9. The van der Waals surface area contributed by atoms with Crippen molar-refractivity contribution in [1.82, 2.24) is 20.0 Å². The molecule has 59 heavy (non-hydrogen) atoms. The maximum absolute atomic E-state index is 11.4. The van der Waals surface area contributed by atoms with Crippen LogP contribution in [0.4, 0.5) is 4.79 Å². The molecule has 0 bridgehead atoms. The highest BCUT2D eigenvalue weighted by Crippen LogP contribution is 2.10. The first-order chi connectivity index (χ1) is 27.3. The quantitative estimate of drug-likeness (QED) is 0.0474. The lowest BCUT2D eigenvalue weighted by Gasteiger charge is -2.25. The number of amides is 1. The molecule has 11 N–H and O–H groups in total. The molecule has 344 valence electrons. The number of hydrogen-bond donors (Lipinski definition) is 10. The summed E-state index contributed by atoms with van der Waals surface area (Å²) in [6.07, 6.45) is 9.43. The number of hydrogen-bond acceptors (Lipinski definition) is 14. The number of nitrogens with zero attached hydrogens (tertiary/aromatic N) is 3. The van der Waals surface area contributed by atoms with Gasteiger partial charge >= 0.3 is 53.8 Å². The molecule has 23 nitrogen and oxygen atoms in total. The van der Waals surface area contributed by atoms with Gasteiger partial charge in [0.25, 0.3) is 0 Å². The van der Waals surface area contributed by atoms with E-state index in [1.807, 2.05) is 0 Å². The zero-order valence-corrected chi connectivity index (χ0v) is 34.8. The summed E-state index contributed by atoms with van der Waals surface area (Å²) < 4.78 is 4.86. The third kappa shape index (κ3) is 50.9. The van der Waals surface area contributed by atoms with Crippen molar-refractivity contribution in [2.75, 3.05) is 65.4 Å². The van der Waals surface area contributed by atoms with Gasteiger partial charge in [-0.2, -0.15) is 0 Å². The second-order valence-corrected chi connectivity index (χ2v) is 13.9. The Kier molecular flexibility index (Phi) is 38.1. The Morgan fingerprint density at radius 3 is 1.17 bits per heavy atom. The van der Waals surface area contributed by atoms with E-state index < -0.39 is 78.6 Å². The van der Waals surface area contributed by atoms with E-state index in [4.69, 9.17) is 51.3 Å². The van der Waals surface area contributed by atoms with Gasteiger partial charge in [-0.1, -0.05) is 51.9 Å². The van der Waals surface area contributed by atoms with Gasteiger partial charge in [0, 0.05) is 0 Å². The van der Waals surface area contributed by atoms with Gasteiger partial charge in [-0.05, 0) is 66.6 Å². The van der Waals surface area contributed by atoms with Crippen molar-refractivity contribution >= 4 is 53.8 Å². The van der Waals surface area contributed by atoms with E-state index in [0.717, 1.165) is 44.9 Å². The Morgan fingerprint density at radius 2 is 0.881 bits per heavy atom. The van der Waals surface area contributed by atoms with Gasteiger partial charge in [0.05, 0.1) is 32.7 Å². The van der Waals surface area contributed by atoms with Gasteiger partial charge in [-0.15, -0.1) is 0 Å². The largest absolute Gasteiger partial charge is 0.480 e. The number of rotatable bonds is 29. The first-order valence-electron chi connectivity index (χ1n) is 18.9. The number of carbonyl (C=O) groups excluding carboxylic acids is 1. The van der Waals surface area contributed by atoms with Crippen LogP contribution in [-0.4, -0.2) is 186 Å². The van der Waals surface area contributed by atoms with Crippen LogP contribution in [-0.2, 0) is 43.1 Å². The number of carboxylic acid groups (broad SMARTS) is 8. The molecule has 0 aromatic heterocycles. The Bertz CT molecular complexity index is 1210. The maximum Gasteiger partial charge on any atom is 0.411 e. The lowest BCUT2D eigenvalue weighted by molar-refractivity contribution is -0.143. The van der Waals surface area contributed by atoms with E-state index in [1.165, 1.54) is 36.0 Å². The predicted molar refractivity (Wildman–Crippen MR) is 210 cm³/mol. The van der Waals surface area contributed by atoms with Gasteiger partial charge < -0.3 is 51.3 Å². The van der Waals surface area contributed by atoms with Gasteiger partial charge in [0.1, 0.15) is 24.7 Å². The smallest absolute Gasteiger partial charge is 0.411 e. The summed E-state index contributed by atoms with van der Waals surface area (Å²) in [5.41, 5.74) is 4.54. The van der Waals surface area contributed by atoms with Crippen LogP contribution in [0, 0.1) is 0 Å². The molecule has 0 aliphatic rings. The summed E-state index contributed by atoms with van der Waals surface area (Å²) in [7, 11) is 0. The van der Waals surface area contributed by atoms with E-state index in [1.54, 1.807) is 20.8 Å². The maximum atomic E-state index is 11.4. The molecule has 0 heterocycles. The summed E-state index contributed by atoms with van der Waals surface area (Å²) in [4.78, 5) is 97.7. The van der Waals surface area contributed by atoms with Crippen molar-refractivity contribution in [3.8, 4) is 0 Å². The van der Waals surface area contributed by atoms with Crippen molar-refractivity contribution in [2.45, 2.75) is 110 Å². The Labute approximate surface area is 344 Å². The molecule has 0 saturated carbocycles. The number of carboxylic acids is 8. The highest BCUT2D eigenvalue weighted by Gasteiger charge is 2.25. The number of unbranched alkanes of at least 4 members (excludes halogenated alkanes) is 8. The number of carbonyl (C=O) groups is 9. The number of aliphatic carboxylic acids is 8. The summed E-state index contributed by atoms with van der Waals surface area (Å²) >= 11 is 0. The molecule has 0 aromatic rings. The normalized spacial score (nSPS) is 11.0. The molecule has 1 unspecified atom stereocenters. The Balaban J connectivity index is -0.000000347. The first-order valence-corrected chi connectivity index (χ1v) is 18.9. The zero-order valence-electron chi connectivity index (χ0n) is 34.8. The SMILES string of the molecule is CC(C)(C)OC(=O)N(CC(=O)O)CC(=O)O.CC(NCC(=O)O)C(=O)O.CCCCCCCCN(CC(=O)O)CC(=O)O.NCCCCCCN(CC(=O)O)CC(=O)O. The summed E-state index contributed by atoms with van der Waals surface area (Å²) in [5, 5.41) is 70.1. The van der Waals surface area contributed by atoms with E-state index in [-0.39, 0.29) is 32.7 Å². The Morgan fingerprint density at radius 1 is 0.542 bits per heavy atom. The third-order valence-electron chi connectivity index (χ3n) is 6.93. The molecule has 0 aromatic carbocycles. The molecular formula is C36H67N5O18. The van der Waals surface area contributed by atoms with Crippen LogP contribution in [0.5, 0.6) is 0 Å². The standard InChI is InChI=1S/C12H23NO4.C10H20N2O4.C9H15NO6.C5H9NO4/c1-2-3-4-5-6-7-8-13(9-11(14)15)10-12(16)17;11-5-3-1-2-4-6-12(7-9(13)14)8-10(15)16;1-9(2,3)16-8(15)10(4-6(11)12)5-7(13)14;1-3(5(9)10)6-2-4(7)8/h2-10H2,1H3,(H,14,15)(H,16,17);1-8,11H2,(H,13,14)(H,15,16);4-5H2,1-3H3,(H,11,12)(H,13,14);3,6H,2H2,1H3,(H,7,8)(H,9,10). The fourth-order valence-electron chi connectivity index (χ4n) is 4.31. The number of nitrogens with one attached hydrogen (secondary N) is 1. The van der Waals surface area contributed by atoms with Crippen molar-refractivity contribution in [3.05, 3.63) is 0 Å². The summed E-state index contributed by atoms with van der Waals surface area (Å²) in [6, 6.07) is -0.809. The molecule has 0 fully saturated rings. The Hall–Kier alpha value is -5.13. The van der Waals surface area contributed by atoms with Gasteiger partial charge in [-0.25, -0.2) is 4.79 Å². The average molecular weight is 858 g/mol. The minimum absolute atomic E-state index is 0.193. The highest BCUT2D eigenvalue weighted by atomic mass is 16.6. The first kappa shape index (κ1) is 60.5. The number of ether oxygens (including phenoxy) is 1. The lowest BCUT2D eigenvalue weighted by Crippen LogP contribution is -2.42. The lowest BCUT2D eigenvalue weighted by atomic mass is 10.1. The fraction of sp³-hybridized carbons (Fsp3) is 0.750. The summed E-state index contributed by atoms with van der Waals surface area (Å²) in [6.45, 7) is 7.49. The summed E-state index contributed by atoms with van der Waals surface area (Å²) in [5.74, 6) is -8.66. The van der Waals surface area contributed by atoms with Crippen LogP contribution in [0.3, 0.4) is 0 Å². The van der Waals surface area contributed by atoms with Crippen LogP contribution < -0.4 is 11.1 Å². The van der Waals surface area contributed by atoms with Gasteiger partial charge in [-0.3, -0.25) is 58.4 Å². The average Bonchev–Trinajstić information content (AvgIpc) is 3.06. The fourth-order valence-corrected chi connectivity index (χ4v) is 4.31. The molecular weight excluding hydrogens is 790 g/mol. The van der Waals surface area contributed by atoms with Gasteiger partial charge in [0.15, 0.2) is 0 Å². The third-order valence-corrected chi connectivity index (χ3v) is 6.93. The number of nitrogens with two attached hydrogens (primary N) is 1. The molecule has 1 atom stereocenters. The zero-order chi connectivity index (χ0) is 46.6. The molecule has 0 aliphatic heterocycles. The van der Waals surface area contributed by atoms with Crippen molar-refractivity contribution in [3.63, 3.8) is 0 Å². The van der Waals surface area contributed by atoms with E-state index in [9.17, 15) is 43.2 Å². The molecule has 0 radical (unpaired) electrons. The van der Waals surface area contributed by atoms with Crippen molar-refractivity contribution < 1.29 is 88.7 Å². The van der Waals surface area contributed by atoms with E-state index in [0.29, 0.717) is 24.5 Å². The molecule has 0 saturated heterocycles. The van der Waals surface area contributed by atoms with Crippen LogP contribution >= 0.6 is 0 Å². The van der Waals surface area contributed by atoms with Crippen molar-refractivity contribution in [1.29, 1.82) is 0 Å². The van der Waals surface area contributed by atoms with Crippen LogP contribution in [0.15, 0.2) is 0 Å². The molecule has 0 spiro atoms. The van der Waals surface area contributed by atoms with Gasteiger partial charge in [0.2, 0.25) is 0 Å². The van der Waals surface area contributed by atoms with Crippen LogP contribution in [0.2, 0.25) is 0 Å². The molecule has 23 heteroatoms. The second kappa shape index (κ2) is 37.2. The monoisotopic (exact) mass is 857 g/mol. The minimum atomic E-state index is -1.30. The highest BCUT2D eigenvalue weighted by molar-refractivity contribution is 5.81. The molecule has 0 rings (SSSR count). The predicted octanol–water partition coefficient (Wildman–Crippen LogP) is 1.32. The van der Waals surface area contributed by atoms with E-state index >= 15 is 0 Å². The van der Waals surface area contributed by atoms with Crippen LogP contribution in [0.1, 0.15) is 98.8 Å².